The Morgan fingerprint density at radius 3 is 2.70 bits per heavy atom. The number of nitrogens with one attached hydrogen (secondary N) is 1. The number of anilines is 1. The number of hydrogen-bond acceptors (Lipinski definition) is 4. The molecule has 1 aromatic rings. The molecule has 1 unspecified atom stereocenters. The number of amides is 3. The summed E-state index contributed by atoms with van der Waals surface area (Å²) in [7, 11) is 2.88. The maximum atomic E-state index is 13.0. The van der Waals surface area contributed by atoms with Gasteiger partial charge in [0.05, 0.1) is 1.37 Å². The average molecular weight is 318 g/mol. The lowest BCUT2D eigenvalue weighted by Gasteiger charge is -2.33. The Hall–Kier alpha value is -2.37. The molecule has 0 aromatic heterocycles. The Bertz CT molecular complexity index is 855. The topological polar surface area (TPSA) is 69.7 Å². The van der Waals surface area contributed by atoms with E-state index in [1.165, 1.54) is 0 Å². The second-order valence-corrected chi connectivity index (χ2v) is 5.83. The minimum Gasteiger partial charge on any atom is -0.388 e. The van der Waals surface area contributed by atoms with E-state index in [9.17, 15) is 14.4 Å². The van der Waals surface area contributed by atoms with Crippen molar-refractivity contribution < 1.29 is 18.5 Å². The van der Waals surface area contributed by atoms with E-state index in [1.54, 1.807) is 13.1 Å². The van der Waals surface area contributed by atoms with Gasteiger partial charge in [-0.15, -0.1) is 0 Å². The summed E-state index contributed by atoms with van der Waals surface area (Å²) in [5, 5.41) is 3.07. The number of carbonyl (C=O) groups excluding carboxylic acids is 3. The molecule has 3 amide bonds. The number of hydrogen-bond donors (Lipinski definition) is 1. The first-order valence-electron chi connectivity index (χ1n) is 8.91. The largest absolute Gasteiger partial charge is 0.388 e. The molecule has 0 radical (unpaired) electrons. The Kier molecular flexibility index (Phi) is 2.82. The third-order valence-electron chi connectivity index (χ3n) is 4.59. The molecule has 6 nitrogen and oxygen atoms in total. The highest BCUT2D eigenvalue weighted by molar-refractivity contribution is 6.06. The molecule has 1 atom stereocenters. The number of aryl methyl sites for hydroxylation is 1. The molecule has 1 N–H and O–H groups in total. The van der Waals surface area contributed by atoms with Gasteiger partial charge in [-0.1, -0.05) is 0 Å². The van der Waals surface area contributed by atoms with Crippen LogP contribution >= 0.6 is 0 Å². The number of fused-ring (bicyclic) bond motifs is 1. The summed E-state index contributed by atoms with van der Waals surface area (Å²) in [5.74, 6) is -2.38. The van der Waals surface area contributed by atoms with E-state index >= 15 is 0 Å². The van der Waals surface area contributed by atoms with Gasteiger partial charge >= 0.3 is 0 Å². The van der Waals surface area contributed by atoms with Gasteiger partial charge in [-0.2, -0.15) is 0 Å². The molecule has 6 heteroatoms. The quantitative estimate of drug-likeness (QED) is 0.838. The number of nitrogens with zero attached hydrogens (tertiary/aromatic N) is 2. The summed E-state index contributed by atoms with van der Waals surface area (Å²) in [6.45, 7) is 3.81. The number of benzene rings is 1. The van der Waals surface area contributed by atoms with Crippen molar-refractivity contribution in [3.05, 3.63) is 28.3 Å². The first-order valence-corrected chi connectivity index (χ1v) is 7.41. The molecule has 2 aliphatic rings. The highest BCUT2D eigenvalue weighted by Gasteiger charge is 2.42. The van der Waals surface area contributed by atoms with E-state index in [2.05, 4.69) is 5.32 Å². The number of likely N-dealkylation sites (tertiary alicyclic amines) is 1. The summed E-state index contributed by atoms with van der Waals surface area (Å²) in [6.07, 6.45) is -3.08. The normalized spacial score (nSPS) is 28.3. The van der Waals surface area contributed by atoms with Gasteiger partial charge in [0, 0.05) is 46.6 Å². The molecule has 0 aliphatic carbocycles. The SMILES string of the molecule is [2H]C1([2H])CC([2H])(N2Cc3c(cc(C)c(C)c3NC)C2=O)C(=O)N(C)C1=O. The first kappa shape index (κ1) is 12.1. The number of likely N-dealkylation sites (N-methyl/N-ethyl adjacent to an activating group) is 1. The third kappa shape index (κ3) is 2.20. The van der Waals surface area contributed by atoms with Crippen LogP contribution < -0.4 is 5.32 Å². The lowest BCUT2D eigenvalue weighted by atomic mass is 9.98. The van der Waals surface area contributed by atoms with E-state index in [0.29, 0.717) is 16.0 Å². The van der Waals surface area contributed by atoms with Crippen molar-refractivity contribution in [2.24, 2.45) is 0 Å². The van der Waals surface area contributed by atoms with Gasteiger partial charge in [0.25, 0.3) is 11.8 Å². The van der Waals surface area contributed by atoms with Crippen LogP contribution in [0.4, 0.5) is 5.69 Å². The van der Waals surface area contributed by atoms with E-state index in [1.807, 2.05) is 13.8 Å². The lowest BCUT2D eigenvalue weighted by Crippen LogP contribution is -2.53. The van der Waals surface area contributed by atoms with Crippen molar-refractivity contribution in [3.63, 3.8) is 0 Å². The smallest absolute Gasteiger partial charge is 0.255 e. The van der Waals surface area contributed by atoms with Gasteiger partial charge < -0.3 is 10.2 Å². The maximum Gasteiger partial charge on any atom is 0.255 e. The number of carbonyl (C=O) groups is 3. The van der Waals surface area contributed by atoms with Gasteiger partial charge in [-0.25, -0.2) is 0 Å². The van der Waals surface area contributed by atoms with Crippen molar-refractivity contribution in [2.45, 2.75) is 39.2 Å². The Morgan fingerprint density at radius 2 is 2.04 bits per heavy atom. The molecule has 23 heavy (non-hydrogen) atoms. The van der Waals surface area contributed by atoms with Crippen molar-refractivity contribution >= 4 is 23.4 Å². The van der Waals surface area contributed by atoms with Gasteiger partial charge in [0.15, 0.2) is 0 Å². The number of rotatable bonds is 2. The molecule has 1 fully saturated rings. The second kappa shape index (κ2) is 5.37. The minimum atomic E-state index is -2.39. The average Bonchev–Trinajstić information content (AvgIpc) is 2.89. The van der Waals surface area contributed by atoms with Gasteiger partial charge in [0.1, 0.15) is 6.02 Å². The predicted molar refractivity (Wildman–Crippen MR) is 86.1 cm³/mol. The van der Waals surface area contributed by atoms with Crippen LogP contribution in [0.3, 0.4) is 0 Å². The second-order valence-electron chi connectivity index (χ2n) is 5.83. The molecule has 3 rings (SSSR count). The lowest BCUT2D eigenvalue weighted by molar-refractivity contribution is -0.150. The van der Waals surface area contributed by atoms with E-state index in [4.69, 9.17) is 4.11 Å². The van der Waals surface area contributed by atoms with Crippen LogP contribution in [0.25, 0.3) is 0 Å². The van der Waals surface area contributed by atoms with Crippen molar-refractivity contribution in [3.8, 4) is 0 Å². The zero-order chi connectivity index (χ0) is 19.6. The fraction of sp³-hybridized carbons (Fsp3) is 0.471. The molecule has 2 aliphatic heterocycles. The summed E-state index contributed by atoms with van der Waals surface area (Å²) in [4.78, 5) is 39.3. The van der Waals surface area contributed by atoms with E-state index in [0.717, 1.165) is 28.8 Å². The highest BCUT2D eigenvalue weighted by atomic mass is 16.2. The Morgan fingerprint density at radius 1 is 1.35 bits per heavy atom. The minimum absolute atomic E-state index is 0.0127. The van der Waals surface area contributed by atoms with Crippen LogP contribution in [-0.2, 0) is 16.1 Å². The van der Waals surface area contributed by atoms with Crippen LogP contribution in [0, 0.1) is 13.8 Å². The number of piperidine rings is 1. The van der Waals surface area contributed by atoms with Crippen molar-refractivity contribution in [1.29, 1.82) is 0 Å². The zero-order valence-corrected chi connectivity index (χ0v) is 13.6. The molecule has 0 spiro atoms. The summed E-state index contributed by atoms with van der Waals surface area (Å²) < 4.78 is 24.4. The molecule has 1 aromatic carbocycles. The molecular formula is C17H21N3O3. The van der Waals surface area contributed by atoms with Crippen molar-refractivity contribution in [2.75, 3.05) is 19.4 Å². The van der Waals surface area contributed by atoms with Crippen LogP contribution in [0.5, 0.6) is 0 Å². The summed E-state index contributed by atoms with van der Waals surface area (Å²) in [5.41, 5.74) is 3.73. The standard InChI is InChI=1S/C17H21N3O3/c1-9-7-11-12(15(18-3)10(9)2)8-20(16(11)22)13-5-6-14(21)19(4)17(13)23/h7,13,18H,5-6,8H2,1-4H3/i6D2,13D. The van der Waals surface area contributed by atoms with Gasteiger partial charge in [-0.05, 0) is 37.5 Å². The van der Waals surface area contributed by atoms with Crippen LogP contribution in [0.15, 0.2) is 6.07 Å². The van der Waals surface area contributed by atoms with Gasteiger partial charge in [0.2, 0.25) is 5.91 Å². The van der Waals surface area contributed by atoms with Gasteiger partial charge in [-0.3, -0.25) is 19.3 Å². The molecule has 1 saturated heterocycles. The fourth-order valence-electron chi connectivity index (χ4n) is 3.11. The zero-order valence-electron chi connectivity index (χ0n) is 16.6. The summed E-state index contributed by atoms with van der Waals surface area (Å²) >= 11 is 0. The molecule has 0 bridgehead atoms. The molecule has 2 heterocycles. The van der Waals surface area contributed by atoms with Crippen molar-refractivity contribution in [1.82, 2.24) is 9.80 Å². The monoisotopic (exact) mass is 318 g/mol. The first-order chi connectivity index (χ1) is 12.0. The van der Waals surface area contributed by atoms with Crippen LogP contribution in [0.2, 0.25) is 0 Å². The Balaban J connectivity index is 2.10. The van der Waals surface area contributed by atoms with Crippen LogP contribution in [0.1, 0.15) is 44.0 Å². The van der Waals surface area contributed by atoms with E-state index < -0.39 is 36.5 Å². The fourth-order valence-corrected chi connectivity index (χ4v) is 3.11. The predicted octanol–water partition coefficient (Wildman–Crippen LogP) is 1.45. The number of imide groups is 1. The Labute approximate surface area is 139 Å². The summed E-state index contributed by atoms with van der Waals surface area (Å²) in [6, 6.07) is -0.441. The molecule has 0 saturated carbocycles. The third-order valence-corrected chi connectivity index (χ3v) is 4.59. The molecular weight excluding hydrogens is 294 g/mol. The van der Waals surface area contributed by atoms with E-state index in [-0.39, 0.29) is 6.54 Å². The highest BCUT2D eigenvalue weighted by Crippen LogP contribution is 2.36. The maximum absolute atomic E-state index is 13.0. The molecule has 122 valence electrons. The van der Waals surface area contributed by atoms with Crippen LogP contribution in [-0.4, -0.2) is 47.6 Å².